The molecule has 82 valence electrons. The fraction of sp³-hybridized carbons (Fsp3) is 0.900. The van der Waals surface area contributed by atoms with Crippen molar-refractivity contribution >= 4 is 5.91 Å². The van der Waals surface area contributed by atoms with E-state index >= 15 is 0 Å². The molecule has 1 aliphatic rings. The zero-order valence-electron chi connectivity index (χ0n) is 9.13. The summed E-state index contributed by atoms with van der Waals surface area (Å²) in [5.41, 5.74) is -0.0529. The van der Waals surface area contributed by atoms with Crippen molar-refractivity contribution in [2.45, 2.75) is 38.8 Å². The average Bonchev–Trinajstić information content (AvgIpc) is 2.16. The molecule has 0 aromatic carbocycles. The number of nitrogens with one attached hydrogen (secondary N) is 2. The fourth-order valence-corrected chi connectivity index (χ4v) is 1.73. The Hall–Kier alpha value is -0.610. The van der Waals surface area contributed by atoms with Crippen LogP contribution in [-0.4, -0.2) is 36.8 Å². The summed E-state index contributed by atoms with van der Waals surface area (Å²) >= 11 is 0. The zero-order chi connectivity index (χ0) is 10.8. The van der Waals surface area contributed by atoms with Crippen LogP contribution in [0.4, 0.5) is 0 Å². The van der Waals surface area contributed by atoms with E-state index in [4.69, 9.17) is 0 Å². The molecule has 0 aliphatic heterocycles. The summed E-state index contributed by atoms with van der Waals surface area (Å²) in [4.78, 5) is 10.9. The molecule has 0 spiro atoms. The van der Waals surface area contributed by atoms with Crippen LogP contribution < -0.4 is 10.6 Å². The minimum atomic E-state index is -0.208. The first-order chi connectivity index (χ1) is 6.48. The Bertz CT molecular complexity index is 216. The highest BCUT2D eigenvalue weighted by atomic mass is 16.3. The standard InChI is InChI=1S/C10H20N2O2/c1-10(2)7(6-8(10)13)12-5-4-9(14)11-3/h7-8,12-13H,4-6H2,1-3H3,(H,11,14). The monoisotopic (exact) mass is 200 g/mol. The third-order valence-corrected chi connectivity index (χ3v) is 3.24. The van der Waals surface area contributed by atoms with Crippen LogP contribution in [0.25, 0.3) is 0 Å². The van der Waals surface area contributed by atoms with Crippen LogP contribution in [-0.2, 0) is 4.79 Å². The van der Waals surface area contributed by atoms with Gasteiger partial charge in [0.25, 0.3) is 0 Å². The quantitative estimate of drug-likeness (QED) is 0.592. The molecule has 3 N–H and O–H groups in total. The van der Waals surface area contributed by atoms with Gasteiger partial charge in [0.1, 0.15) is 0 Å². The van der Waals surface area contributed by atoms with Gasteiger partial charge in [-0.1, -0.05) is 13.8 Å². The lowest BCUT2D eigenvalue weighted by Gasteiger charge is -2.49. The second-order valence-corrected chi connectivity index (χ2v) is 4.50. The van der Waals surface area contributed by atoms with Gasteiger partial charge in [-0.3, -0.25) is 4.79 Å². The van der Waals surface area contributed by atoms with E-state index in [9.17, 15) is 9.90 Å². The van der Waals surface area contributed by atoms with E-state index < -0.39 is 0 Å². The summed E-state index contributed by atoms with van der Waals surface area (Å²) in [5, 5.41) is 15.3. The van der Waals surface area contributed by atoms with Gasteiger partial charge in [-0.2, -0.15) is 0 Å². The molecule has 4 heteroatoms. The number of hydrogen-bond acceptors (Lipinski definition) is 3. The Balaban J connectivity index is 2.18. The molecular weight excluding hydrogens is 180 g/mol. The van der Waals surface area contributed by atoms with Gasteiger partial charge in [0.05, 0.1) is 6.10 Å². The lowest BCUT2D eigenvalue weighted by molar-refractivity contribution is -0.120. The molecule has 14 heavy (non-hydrogen) atoms. The first kappa shape index (κ1) is 11.5. The first-order valence-corrected chi connectivity index (χ1v) is 5.10. The predicted molar refractivity (Wildman–Crippen MR) is 54.9 cm³/mol. The van der Waals surface area contributed by atoms with Crippen molar-refractivity contribution in [3.63, 3.8) is 0 Å². The molecule has 1 aliphatic carbocycles. The predicted octanol–water partition coefficient (Wildman–Crippen LogP) is -0.128. The highest BCUT2D eigenvalue weighted by molar-refractivity contribution is 5.75. The number of aliphatic hydroxyl groups excluding tert-OH is 1. The minimum Gasteiger partial charge on any atom is -0.392 e. The van der Waals surface area contributed by atoms with Gasteiger partial charge < -0.3 is 15.7 Å². The molecule has 1 rings (SSSR count). The van der Waals surface area contributed by atoms with E-state index in [0.29, 0.717) is 19.0 Å². The van der Waals surface area contributed by atoms with Crippen LogP contribution in [0.3, 0.4) is 0 Å². The van der Waals surface area contributed by atoms with Gasteiger partial charge in [0, 0.05) is 31.5 Å². The van der Waals surface area contributed by atoms with Gasteiger partial charge in [-0.15, -0.1) is 0 Å². The molecule has 2 unspecified atom stereocenters. The van der Waals surface area contributed by atoms with Crippen LogP contribution in [0.2, 0.25) is 0 Å². The Morgan fingerprint density at radius 2 is 2.21 bits per heavy atom. The molecule has 0 radical (unpaired) electrons. The van der Waals surface area contributed by atoms with Gasteiger partial charge >= 0.3 is 0 Å². The molecular formula is C10H20N2O2. The van der Waals surface area contributed by atoms with Crippen molar-refractivity contribution in [3.8, 4) is 0 Å². The smallest absolute Gasteiger partial charge is 0.221 e. The number of rotatable bonds is 4. The molecule has 2 atom stereocenters. The zero-order valence-corrected chi connectivity index (χ0v) is 9.13. The number of amides is 1. The van der Waals surface area contributed by atoms with E-state index in [-0.39, 0.29) is 17.4 Å². The third kappa shape index (κ3) is 2.25. The second-order valence-electron chi connectivity index (χ2n) is 4.50. The van der Waals surface area contributed by atoms with Crippen LogP contribution in [0.15, 0.2) is 0 Å². The maximum Gasteiger partial charge on any atom is 0.221 e. The van der Waals surface area contributed by atoms with E-state index in [1.54, 1.807) is 7.05 Å². The van der Waals surface area contributed by atoms with Gasteiger partial charge in [0.2, 0.25) is 5.91 Å². The molecule has 4 nitrogen and oxygen atoms in total. The number of aliphatic hydroxyl groups is 1. The van der Waals surface area contributed by atoms with E-state index in [2.05, 4.69) is 10.6 Å². The van der Waals surface area contributed by atoms with Crippen LogP contribution in [0, 0.1) is 5.41 Å². The van der Waals surface area contributed by atoms with Crippen molar-refractivity contribution in [1.82, 2.24) is 10.6 Å². The van der Waals surface area contributed by atoms with Crippen molar-refractivity contribution in [1.29, 1.82) is 0 Å². The molecule has 1 amide bonds. The summed E-state index contributed by atoms with van der Waals surface area (Å²) in [5.74, 6) is 0.0511. The normalized spacial score (nSPS) is 29.4. The lowest BCUT2D eigenvalue weighted by atomic mass is 9.64. The summed E-state index contributed by atoms with van der Waals surface area (Å²) in [6.07, 6.45) is 1.08. The summed E-state index contributed by atoms with van der Waals surface area (Å²) in [7, 11) is 1.64. The van der Waals surface area contributed by atoms with Crippen molar-refractivity contribution < 1.29 is 9.90 Å². The van der Waals surface area contributed by atoms with Gasteiger partial charge in [0.15, 0.2) is 0 Å². The van der Waals surface area contributed by atoms with Crippen LogP contribution in [0.5, 0.6) is 0 Å². The molecule has 0 aromatic heterocycles. The van der Waals surface area contributed by atoms with E-state index in [0.717, 1.165) is 6.42 Å². The van der Waals surface area contributed by atoms with Gasteiger partial charge in [-0.25, -0.2) is 0 Å². The van der Waals surface area contributed by atoms with Crippen LogP contribution in [0.1, 0.15) is 26.7 Å². The third-order valence-electron chi connectivity index (χ3n) is 3.24. The number of hydrogen-bond donors (Lipinski definition) is 3. The average molecular weight is 200 g/mol. The van der Waals surface area contributed by atoms with Crippen LogP contribution >= 0.6 is 0 Å². The van der Waals surface area contributed by atoms with Crippen molar-refractivity contribution in [2.75, 3.05) is 13.6 Å². The molecule has 0 saturated heterocycles. The molecule has 0 aromatic rings. The topological polar surface area (TPSA) is 61.4 Å². The maximum absolute atomic E-state index is 10.9. The van der Waals surface area contributed by atoms with Crippen molar-refractivity contribution in [3.05, 3.63) is 0 Å². The number of carbonyl (C=O) groups is 1. The first-order valence-electron chi connectivity index (χ1n) is 5.10. The Morgan fingerprint density at radius 1 is 1.57 bits per heavy atom. The molecule has 1 fully saturated rings. The largest absolute Gasteiger partial charge is 0.392 e. The van der Waals surface area contributed by atoms with E-state index in [1.807, 2.05) is 13.8 Å². The highest BCUT2D eigenvalue weighted by Crippen LogP contribution is 2.40. The lowest BCUT2D eigenvalue weighted by Crippen LogP contribution is -2.60. The van der Waals surface area contributed by atoms with Crippen molar-refractivity contribution in [2.24, 2.45) is 5.41 Å². The summed E-state index contributed by atoms with van der Waals surface area (Å²) in [6.45, 7) is 4.76. The van der Waals surface area contributed by atoms with E-state index in [1.165, 1.54) is 0 Å². The highest BCUT2D eigenvalue weighted by Gasteiger charge is 2.46. The fourth-order valence-electron chi connectivity index (χ4n) is 1.73. The number of carbonyl (C=O) groups excluding carboxylic acids is 1. The Morgan fingerprint density at radius 3 is 2.64 bits per heavy atom. The summed E-state index contributed by atoms with van der Waals surface area (Å²) < 4.78 is 0. The summed E-state index contributed by atoms with van der Waals surface area (Å²) in [6, 6.07) is 0.335. The maximum atomic E-state index is 10.9. The SMILES string of the molecule is CNC(=O)CCNC1CC(O)C1(C)C. The van der Waals surface area contributed by atoms with Gasteiger partial charge in [-0.05, 0) is 6.42 Å². The Kier molecular flexibility index (Phi) is 3.50. The second kappa shape index (κ2) is 4.28. The minimum absolute atomic E-state index is 0.0511. The Labute approximate surface area is 85.1 Å². The molecule has 0 bridgehead atoms. The molecule has 1 saturated carbocycles. The molecule has 0 heterocycles.